The van der Waals surface area contributed by atoms with Crippen LogP contribution in [0.1, 0.15) is 24.1 Å². The first-order chi connectivity index (χ1) is 5.52. The Bertz CT molecular complexity index is 297. The molecule has 0 radical (unpaired) electrons. The summed E-state index contributed by atoms with van der Waals surface area (Å²) in [5.41, 5.74) is 7.30. The van der Waals surface area contributed by atoms with Gasteiger partial charge in [-0.1, -0.05) is 15.9 Å². The van der Waals surface area contributed by atoms with E-state index in [9.17, 15) is 5.11 Å². The van der Waals surface area contributed by atoms with Crippen LogP contribution in [-0.2, 0) is 0 Å². The van der Waals surface area contributed by atoms with Crippen molar-refractivity contribution in [2.45, 2.75) is 19.9 Å². The third-order valence-corrected chi connectivity index (χ3v) is 2.24. The van der Waals surface area contributed by atoms with E-state index in [2.05, 4.69) is 15.9 Å². The number of benzene rings is 1. The van der Waals surface area contributed by atoms with Gasteiger partial charge >= 0.3 is 0 Å². The average molecular weight is 230 g/mol. The van der Waals surface area contributed by atoms with Crippen LogP contribution in [0.25, 0.3) is 0 Å². The lowest BCUT2D eigenvalue weighted by Crippen LogP contribution is -2.05. The van der Waals surface area contributed by atoms with Gasteiger partial charge in [-0.3, -0.25) is 0 Å². The maximum absolute atomic E-state index is 9.59. The third kappa shape index (κ3) is 1.79. The molecule has 0 heterocycles. The van der Waals surface area contributed by atoms with Crippen molar-refractivity contribution in [3.8, 4) is 5.75 Å². The van der Waals surface area contributed by atoms with Crippen molar-refractivity contribution in [1.29, 1.82) is 0 Å². The highest BCUT2D eigenvalue weighted by Gasteiger charge is 2.09. The van der Waals surface area contributed by atoms with Gasteiger partial charge in [0.15, 0.2) is 0 Å². The van der Waals surface area contributed by atoms with Crippen LogP contribution in [0, 0.1) is 6.92 Å². The molecule has 3 heteroatoms. The monoisotopic (exact) mass is 229 g/mol. The lowest BCUT2D eigenvalue weighted by Gasteiger charge is -2.10. The fourth-order valence-corrected chi connectivity index (χ4v) is 1.70. The highest BCUT2D eigenvalue weighted by Crippen LogP contribution is 2.29. The molecule has 0 amide bonds. The summed E-state index contributed by atoms with van der Waals surface area (Å²) in [4.78, 5) is 0. The van der Waals surface area contributed by atoms with Crippen LogP contribution in [0.5, 0.6) is 5.75 Å². The number of nitrogens with two attached hydrogens (primary N) is 1. The molecule has 12 heavy (non-hydrogen) atoms. The molecule has 2 nitrogen and oxygen atoms in total. The van der Waals surface area contributed by atoms with E-state index in [1.165, 1.54) is 0 Å². The van der Waals surface area contributed by atoms with E-state index in [1.54, 1.807) is 0 Å². The van der Waals surface area contributed by atoms with Crippen LogP contribution in [0.15, 0.2) is 16.6 Å². The van der Waals surface area contributed by atoms with Crippen LogP contribution in [0.2, 0.25) is 0 Å². The molecule has 0 spiro atoms. The zero-order valence-electron chi connectivity index (χ0n) is 7.13. The van der Waals surface area contributed by atoms with Crippen molar-refractivity contribution < 1.29 is 5.11 Å². The molecule has 0 bridgehead atoms. The molecule has 1 aromatic rings. The first-order valence-corrected chi connectivity index (χ1v) is 4.56. The van der Waals surface area contributed by atoms with Crippen LogP contribution in [0.3, 0.4) is 0 Å². The molecule has 1 aromatic carbocycles. The van der Waals surface area contributed by atoms with Gasteiger partial charge in [0.05, 0.1) is 0 Å². The molecular weight excluding hydrogens is 218 g/mol. The number of aryl methyl sites for hydroxylation is 1. The Morgan fingerprint density at radius 3 is 2.58 bits per heavy atom. The number of rotatable bonds is 1. The fourth-order valence-electron chi connectivity index (χ4n) is 1.11. The minimum atomic E-state index is -0.138. The Morgan fingerprint density at radius 2 is 2.08 bits per heavy atom. The smallest absolute Gasteiger partial charge is 0.123 e. The normalized spacial score (nSPS) is 13.0. The third-order valence-electron chi connectivity index (χ3n) is 1.79. The van der Waals surface area contributed by atoms with Crippen LogP contribution >= 0.6 is 15.9 Å². The van der Waals surface area contributed by atoms with Gasteiger partial charge in [0.1, 0.15) is 5.75 Å². The van der Waals surface area contributed by atoms with Crippen molar-refractivity contribution in [3.05, 3.63) is 27.7 Å². The number of hydrogen-bond acceptors (Lipinski definition) is 2. The van der Waals surface area contributed by atoms with Crippen molar-refractivity contribution in [2.24, 2.45) is 5.73 Å². The van der Waals surface area contributed by atoms with Gasteiger partial charge < -0.3 is 10.8 Å². The summed E-state index contributed by atoms with van der Waals surface area (Å²) in [7, 11) is 0. The molecule has 66 valence electrons. The van der Waals surface area contributed by atoms with Gasteiger partial charge in [-0.05, 0) is 31.5 Å². The number of aromatic hydroxyl groups is 1. The molecule has 1 atom stereocenters. The quantitative estimate of drug-likeness (QED) is 0.778. The van der Waals surface area contributed by atoms with Gasteiger partial charge in [0, 0.05) is 16.1 Å². The molecule has 0 saturated heterocycles. The molecular formula is C9H12BrNO. The summed E-state index contributed by atoms with van der Waals surface area (Å²) >= 11 is 3.35. The Hall–Kier alpha value is -0.540. The van der Waals surface area contributed by atoms with Crippen molar-refractivity contribution in [3.63, 3.8) is 0 Å². The van der Waals surface area contributed by atoms with E-state index in [0.29, 0.717) is 5.75 Å². The summed E-state index contributed by atoms with van der Waals surface area (Å²) in [5, 5.41) is 9.59. The van der Waals surface area contributed by atoms with Gasteiger partial charge in [-0.15, -0.1) is 0 Å². The van der Waals surface area contributed by atoms with E-state index in [1.807, 2.05) is 26.0 Å². The molecule has 1 unspecified atom stereocenters. The van der Waals surface area contributed by atoms with Gasteiger partial charge in [-0.25, -0.2) is 0 Å². The SMILES string of the molecule is Cc1cc(Br)cc(C(C)N)c1O. The Morgan fingerprint density at radius 1 is 1.50 bits per heavy atom. The second kappa shape index (κ2) is 3.46. The fraction of sp³-hybridized carbons (Fsp3) is 0.333. The molecule has 0 aromatic heterocycles. The highest BCUT2D eigenvalue weighted by molar-refractivity contribution is 9.10. The summed E-state index contributed by atoms with van der Waals surface area (Å²) in [6.07, 6.45) is 0. The first-order valence-electron chi connectivity index (χ1n) is 3.77. The van der Waals surface area contributed by atoms with Gasteiger partial charge in [0.2, 0.25) is 0 Å². The predicted molar refractivity (Wildman–Crippen MR) is 53.1 cm³/mol. The molecule has 0 fully saturated rings. The Labute approximate surface area is 80.5 Å². The maximum Gasteiger partial charge on any atom is 0.123 e. The van der Waals surface area contributed by atoms with Crippen molar-refractivity contribution >= 4 is 15.9 Å². The van der Waals surface area contributed by atoms with E-state index >= 15 is 0 Å². The second-order valence-corrected chi connectivity index (χ2v) is 3.86. The molecule has 1 rings (SSSR count). The van der Waals surface area contributed by atoms with Gasteiger partial charge in [0.25, 0.3) is 0 Å². The summed E-state index contributed by atoms with van der Waals surface area (Å²) in [5.74, 6) is 0.299. The second-order valence-electron chi connectivity index (χ2n) is 2.95. The summed E-state index contributed by atoms with van der Waals surface area (Å²) in [6.45, 7) is 3.70. The van der Waals surface area contributed by atoms with E-state index in [-0.39, 0.29) is 6.04 Å². The molecule has 0 aliphatic heterocycles. The molecule has 0 saturated carbocycles. The first kappa shape index (κ1) is 9.55. The largest absolute Gasteiger partial charge is 0.507 e. The number of hydrogen-bond donors (Lipinski definition) is 2. The zero-order chi connectivity index (χ0) is 9.30. The predicted octanol–water partition coefficient (Wildman–Crippen LogP) is 2.48. The lowest BCUT2D eigenvalue weighted by molar-refractivity contribution is 0.459. The average Bonchev–Trinajstić information content (AvgIpc) is 1.96. The van der Waals surface area contributed by atoms with Crippen molar-refractivity contribution in [2.75, 3.05) is 0 Å². The highest BCUT2D eigenvalue weighted by atomic mass is 79.9. The topological polar surface area (TPSA) is 46.2 Å². The summed E-state index contributed by atoms with van der Waals surface area (Å²) in [6, 6.07) is 3.56. The summed E-state index contributed by atoms with van der Waals surface area (Å²) < 4.78 is 0.949. The van der Waals surface area contributed by atoms with Gasteiger partial charge in [-0.2, -0.15) is 0 Å². The minimum absolute atomic E-state index is 0.138. The molecule has 3 N–H and O–H groups in total. The zero-order valence-corrected chi connectivity index (χ0v) is 8.72. The number of halogens is 1. The maximum atomic E-state index is 9.59. The number of phenolic OH excluding ortho intramolecular Hbond substituents is 1. The van der Waals surface area contributed by atoms with Crippen molar-refractivity contribution in [1.82, 2.24) is 0 Å². The van der Waals surface area contributed by atoms with Crippen LogP contribution in [0.4, 0.5) is 0 Å². The van der Waals surface area contributed by atoms with E-state index < -0.39 is 0 Å². The Balaban J connectivity index is 3.28. The molecule has 0 aliphatic carbocycles. The lowest BCUT2D eigenvalue weighted by atomic mass is 10.0. The minimum Gasteiger partial charge on any atom is -0.507 e. The standard InChI is InChI=1S/C9H12BrNO/c1-5-3-7(10)4-8(6(2)11)9(5)12/h3-4,6,12H,11H2,1-2H3. The number of phenols is 1. The molecule has 0 aliphatic rings. The van der Waals surface area contributed by atoms with Crippen LogP contribution in [-0.4, -0.2) is 5.11 Å². The van der Waals surface area contributed by atoms with E-state index in [4.69, 9.17) is 5.73 Å². The Kier molecular flexibility index (Phi) is 2.75. The van der Waals surface area contributed by atoms with Crippen LogP contribution < -0.4 is 5.73 Å². The van der Waals surface area contributed by atoms with E-state index in [0.717, 1.165) is 15.6 Å².